The van der Waals surface area contributed by atoms with Crippen LogP contribution in [0.2, 0.25) is 0 Å². The van der Waals surface area contributed by atoms with Gasteiger partial charge in [-0.05, 0) is 12.8 Å². The van der Waals surface area contributed by atoms with E-state index < -0.39 is 0 Å². The molecule has 11 heavy (non-hydrogen) atoms. The Morgan fingerprint density at radius 2 is 1.73 bits per heavy atom. The molecule has 0 atom stereocenters. The van der Waals surface area contributed by atoms with E-state index in [1.807, 2.05) is 0 Å². The molecule has 0 spiro atoms. The lowest BCUT2D eigenvalue weighted by molar-refractivity contribution is 0.487. The van der Waals surface area contributed by atoms with Crippen molar-refractivity contribution in [2.75, 3.05) is 0 Å². The van der Waals surface area contributed by atoms with Crippen molar-refractivity contribution in [2.24, 2.45) is 11.3 Å². The molecule has 0 heteroatoms. The van der Waals surface area contributed by atoms with Gasteiger partial charge in [-0.3, -0.25) is 0 Å². The highest BCUT2D eigenvalue weighted by atomic mass is 14.3. The summed E-state index contributed by atoms with van der Waals surface area (Å²) >= 11 is 0. The van der Waals surface area contributed by atoms with Crippen LogP contribution in [0.4, 0.5) is 0 Å². The lowest BCUT2D eigenvalue weighted by atomic mass is 9.77. The minimum absolute atomic E-state index is 0.314. The maximum Gasteiger partial charge on any atom is 0.00700 e. The third-order valence-corrected chi connectivity index (χ3v) is 2.84. The monoisotopic (exact) mass is 150 g/mol. The molecule has 0 unspecified atom stereocenters. The predicted molar refractivity (Wildman–Crippen MR) is 50.5 cm³/mol. The Labute approximate surface area is 70.0 Å². The van der Waals surface area contributed by atoms with Crippen LogP contribution in [0.15, 0.2) is 23.3 Å². The molecule has 0 amide bonds. The van der Waals surface area contributed by atoms with Gasteiger partial charge >= 0.3 is 0 Å². The van der Waals surface area contributed by atoms with Gasteiger partial charge in [0.15, 0.2) is 0 Å². The first-order chi connectivity index (χ1) is 4.96. The van der Waals surface area contributed by atoms with Crippen molar-refractivity contribution in [1.82, 2.24) is 0 Å². The van der Waals surface area contributed by atoms with Crippen molar-refractivity contribution in [3.8, 4) is 0 Å². The van der Waals surface area contributed by atoms with Gasteiger partial charge in [-0.25, -0.2) is 0 Å². The molecule has 0 saturated carbocycles. The zero-order valence-electron chi connectivity index (χ0n) is 8.23. The van der Waals surface area contributed by atoms with E-state index in [0.717, 1.165) is 0 Å². The van der Waals surface area contributed by atoms with Crippen molar-refractivity contribution < 1.29 is 0 Å². The van der Waals surface area contributed by atoms with Crippen LogP contribution in [0, 0.1) is 11.3 Å². The second kappa shape index (κ2) is 2.51. The highest BCUT2D eigenvalue weighted by Crippen LogP contribution is 2.42. The van der Waals surface area contributed by atoms with E-state index in [4.69, 9.17) is 0 Å². The Bertz CT molecular complexity index is 214. The van der Waals surface area contributed by atoms with Crippen LogP contribution in [0.1, 0.15) is 34.6 Å². The molecule has 0 heterocycles. The van der Waals surface area contributed by atoms with Crippen LogP contribution in [-0.2, 0) is 0 Å². The Kier molecular flexibility index (Phi) is 1.96. The Morgan fingerprint density at radius 1 is 1.18 bits per heavy atom. The van der Waals surface area contributed by atoms with Gasteiger partial charge in [-0.1, -0.05) is 51.0 Å². The van der Waals surface area contributed by atoms with Gasteiger partial charge in [0.25, 0.3) is 0 Å². The smallest absolute Gasteiger partial charge is 0.00700 e. The van der Waals surface area contributed by atoms with E-state index in [9.17, 15) is 0 Å². The van der Waals surface area contributed by atoms with Crippen molar-refractivity contribution in [2.45, 2.75) is 34.6 Å². The normalized spacial score (nSPS) is 22.0. The molecular weight excluding hydrogens is 132 g/mol. The topological polar surface area (TPSA) is 0 Å². The summed E-state index contributed by atoms with van der Waals surface area (Å²) in [5.41, 5.74) is 3.37. The van der Waals surface area contributed by atoms with E-state index >= 15 is 0 Å². The summed E-state index contributed by atoms with van der Waals surface area (Å²) < 4.78 is 0. The van der Waals surface area contributed by atoms with E-state index in [1.54, 1.807) is 5.57 Å². The van der Waals surface area contributed by atoms with Crippen LogP contribution in [-0.4, -0.2) is 0 Å². The lowest BCUT2D eigenvalue weighted by Gasteiger charge is -2.27. The number of allylic oxidation sites excluding steroid dienone is 4. The number of rotatable bonds is 1. The molecule has 0 N–H and O–H groups in total. The van der Waals surface area contributed by atoms with Gasteiger partial charge in [0.1, 0.15) is 0 Å². The van der Waals surface area contributed by atoms with E-state index in [1.165, 1.54) is 5.57 Å². The quantitative estimate of drug-likeness (QED) is 0.536. The molecule has 0 aromatic heterocycles. The molecular formula is C11H18. The first-order valence-electron chi connectivity index (χ1n) is 4.35. The number of hydrogen-bond donors (Lipinski definition) is 0. The van der Waals surface area contributed by atoms with Gasteiger partial charge < -0.3 is 0 Å². The average molecular weight is 150 g/mol. The molecule has 1 aliphatic carbocycles. The Hall–Kier alpha value is -0.520. The highest BCUT2D eigenvalue weighted by Gasteiger charge is 2.29. The molecule has 0 nitrogen and oxygen atoms in total. The highest BCUT2D eigenvalue weighted by molar-refractivity contribution is 5.38. The van der Waals surface area contributed by atoms with Crippen LogP contribution >= 0.6 is 0 Å². The maximum absolute atomic E-state index is 2.30. The van der Waals surface area contributed by atoms with Crippen molar-refractivity contribution in [3.05, 3.63) is 23.3 Å². The molecule has 1 aliphatic rings. The molecule has 0 saturated heterocycles. The van der Waals surface area contributed by atoms with Gasteiger partial charge in [0, 0.05) is 5.41 Å². The maximum atomic E-state index is 2.30. The van der Waals surface area contributed by atoms with Gasteiger partial charge in [-0.2, -0.15) is 0 Å². The van der Waals surface area contributed by atoms with Gasteiger partial charge in [0.05, 0.1) is 0 Å². The first kappa shape index (κ1) is 8.58. The fourth-order valence-corrected chi connectivity index (χ4v) is 1.77. The van der Waals surface area contributed by atoms with Crippen LogP contribution in [0.3, 0.4) is 0 Å². The van der Waals surface area contributed by atoms with Crippen molar-refractivity contribution in [3.63, 3.8) is 0 Å². The first-order valence-corrected chi connectivity index (χ1v) is 4.35. The standard InChI is InChI=1S/C11H18/c1-8(2)10-7-6-9(3)11(10,4)5/h6-8H,1-5H3. The largest absolute Gasteiger partial charge is 0.0636 e. The zero-order chi connectivity index (χ0) is 8.65. The van der Waals surface area contributed by atoms with E-state index in [-0.39, 0.29) is 0 Å². The van der Waals surface area contributed by atoms with Crippen molar-refractivity contribution in [1.29, 1.82) is 0 Å². The summed E-state index contributed by atoms with van der Waals surface area (Å²) in [4.78, 5) is 0. The second-order valence-corrected chi connectivity index (χ2v) is 4.25. The summed E-state index contributed by atoms with van der Waals surface area (Å²) in [5.74, 6) is 0.679. The van der Waals surface area contributed by atoms with Gasteiger partial charge in [-0.15, -0.1) is 0 Å². The Morgan fingerprint density at radius 3 is 1.91 bits per heavy atom. The molecule has 0 radical (unpaired) electrons. The summed E-state index contributed by atoms with van der Waals surface area (Å²) in [7, 11) is 0. The molecule has 0 aromatic carbocycles. The SMILES string of the molecule is CC1=CC=C(C(C)C)C1(C)C. The fraction of sp³-hybridized carbons (Fsp3) is 0.636. The Balaban J connectivity index is 2.92. The number of hydrogen-bond acceptors (Lipinski definition) is 0. The average Bonchev–Trinajstić information content (AvgIpc) is 2.08. The molecule has 0 aromatic rings. The summed E-state index contributed by atoms with van der Waals surface area (Å²) in [6, 6.07) is 0. The molecule has 0 aliphatic heterocycles. The van der Waals surface area contributed by atoms with Gasteiger partial charge in [0.2, 0.25) is 0 Å². The van der Waals surface area contributed by atoms with Crippen molar-refractivity contribution >= 4 is 0 Å². The summed E-state index contributed by atoms with van der Waals surface area (Å²) in [5, 5.41) is 0. The zero-order valence-corrected chi connectivity index (χ0v) is 8.23. The fourth-order valence-electron chi connectivity index (χ4n) is 1.77. The van der Waals surface area contributed by atoms with E-state index in [2.05, 4.69) is 46.8 Å². The molecule has 62 valence electrons. The van der Waals surface area contributed by atoms with Crippen LogP contribution in [0.25, 0.3) is 0 Å². The second-order valence-electron chi connectivity index (χ2n) is 4.25. The summed E-state index contributed by atoms with van der Waals surface area (Å²) in [6.45, 7) is 11.3. The molecule has 0 bridgehead atoms. The summed E-state index contributed by atoms with van der Waals surface area (Å²) in [6.07, 6.45) is 4.52. The van der Waals surface area contributed by atoms with E-state index in [0.29, 0.717) is 11.3 Å². The minimum Gasteiger partial charge on any atom is -0.0636 e. The molecule has 0 fully saturated rings. The van der Waals surface area contributed by atoms with Crippen LogP contribution in [0.5, 0.6) is 0 Å². The predicted octanol–water partition coefficient (Wildman–Crippen LogP) is 3.55. The minimum atomic E-state index is 0.314. The lowest BCUT2D eigenvalue weighted by Crippen LogP contribution is -2.16. The third-order valence-electron chi connectivity index (χ3n) is 2.84. The molecule has 1 rings (SSSR count). The van der Waals surface area contributed by atoms with Crippen LogP contribution < -0.4 is 0 Å². The third kappa shape index (κ3) is 1.26.